The molecule has 1 amide bonds. The minimum atomic E-state index is -0.298. The van der Waals surface area contributed by atoms with E-state index in [0.717, 1.165) is 37.0 Å². The van der Waals surface area contributed by atoms with Crippen molar-refractivity contribution in [1.29, 1.82) is 0 Å². The Morgan fingerprint density at radius 2 is 1.79 bits per heavy atom. The zero-order chi connectivity index (χ0) is 16.3. The van der Waals surface area contributed by atoms with Crippen molar-refractivity contribution in [2.45, 2.75) is 31.2 Å². The van der Waals surface area contributed by atoms with Crippen molar-refractivity contribution in [3.63, 3.8) is 0 Å². The van der Waals surface area contributed by atoms with Crippen LogP contribution in [-0.2, 0) is 5.54 Å². The minimum Gasteiger partial charge on any atom is -0.497 e. The van der Waals surface area contributed by atoms with Crippen LogP contribution in [0.4, 0.5) is 5.69 Å². The summed E-state index contributed by atoms with van der Waals surface area (Å²) in [7, 11) is 1.65. The summed E-state index contributed by atoms with van der Waals surface area (Å²) >= 11 is 0. The van der Waals surface area contributed by atoms with Gasteiger partial charge in [0.1, 0.15) is 5.75 Å². The number of methoxy groups -OCH3 is 1. The first-order valence-corrected chi connectivity index (χ1v) is 7.96. The molecule has 0 bridgehead atoms. The fourth-order valence-corrected chi connectivity index (χ4v) is 3.34. The highest BCUT2D eigenvalue weighted by molar-refractivity contribution is 5.95. The fourth-order valence-electron chi connectivity index (χ4n) is 3.34. The Labute approximate surface area is 148 Å². The molecular weight excluding hydrogens is 324 g/mol. The van der Waals surface area contributed by atoms with Gasteiger partial charge in [0.15, 0.2) is 0 Å². The maximum atomic E-state index is 12.7. The standard InChI is InChI=1S/C19H22N2O2.ClH/c1-23-17-9-7-15(8-10-17)19(11-2-3-12-19)21-18(22)14-5-4-6-16(20)13-14;/h4-10,13H,2-3,11-12,20H2,1H3,(H,21,22);1H. The molecule has 5 heteroatoms. The van der Waals surface area contributed by atoms with E-state index in [2.05, 4.69) is 5.32 Å². The SMILES string of the molecule is COc1ccc(C2(NC(=O)c3cccc(N)c3)CCCC2)cc1.Cl. The van der Waals surface area contributed by atoms with Crippen LogP contribution in [0.3, 0.4) is 0 Å². The normalized spacial score (nSPS) is 15.4. The van der Waals surface area contributed by atoms with E-state index < -0.39 is 0 Å². The second-order valence-electron chi connectivity index (χ2n) is 6.10. The van der Waals surface area contributed by atoms with Gasteiger partial charge >= 0.3 is 0 Å². The molecule has 1 aliphatic carbocycles. The molecule has 0 aliphatic heterocycles. The van der Waals surface area contributed by atoms with Gasteiger partial charge < -0.3 is 15.8 Å². The van der Waals surface area contributed by atoms with Crippen LogP contribution in [0.1, 0.15) is 41.6 Å². The number of anilines is 1. The lowest BCUT2D eigenvalue weighted by atomic mass is 9.87. The third kappa shape index (κ3) is 3.65. The number of carbonyl (C=O) groups excluding carboxylic acids is 1. The van der Waals surface area contributed by atoms with Gasteiger partial charge in [-0.15, -0.1) is 12.4 Å². The number of carbonyl (C=O) groups is 1. The maximum absolute atomic E-state index is 12.7. The average molecular weight is 347 g/mol. The molecule has 0 saturated heterocycles. The molecule has 24 heavy (non-hydrogen) atoms. The number of nitrogen functional groups attached to an aromatic ring is 1. The van der Waals surface area contributed by atoms with Crippen LogP contribution in [0.15, 0.2) is 48.5 Å². The van der Waals surface area contributed by atoms with Crippen LogP contribution < -0.4 is 15.8 Å². The number of nitrogens with one attached hydrogen (secondary N) is 1. The van der Waals surface area contributed by atoms with Gasteiger partial charge in [0.05, 0.1) is 12.6 Å². The van der Waals surface area contributed by atoms with E-state index >= 15 is 0 Å². The molecule has 0 heterocycles. The van der Waals surface area contributed by atoms with E-state index in [0.29, 0.717) is 11.3 Å². The molecule has 0 radical (unpaired) electrons. The van der Waals surface area contributed by atoms with E-state index in [1.807, 2.05) is 24.3 Å². The van der Waals surface area contributed by atoms with Crippen molar-refractivity contribution in [1.82, 2.24) is 5.32 Å². The largest absolute Gasteiger partial charge is 0.497 e. The Morgan fingerprint density at radius 1 is 1.12 bits per heavy atom. The molecule has 1 saturated carbocycles. The lowest BCUT2D eigenvalue weighted by Crippen LogP contribution is -2.43. The Hall–Kier alpha value is -2.20. The molecule has 128 valence electrons. The summed E-state index contributed by atoms with van der Waals surface area (Å²) in [6, 6.07) is 15.1. The van der Waals surface area contributed by atoms with E-state index in [1.54, 1.807) is 31.4 Å². The number of hydrogen-bond acceptors (Lipinski definition) is 3. The molecule has 2 aromatic rings. The van der Waals surface area contributed by atoms with Gasteiger partial charge in [0.25, 0.3) is 5.91 Å². The van der Waals surface area contributed by atoms with Gasteiger partial charge in [-0.1, -0.05) is 31.0 Å². The van der Waals surface area contributed by atoms with Crippen molar-refractivity contribution >= 4 is 24.0 Å². The maximum Gasteiger partial charge on any atom is 0.252 e. The first-order valence-electron chi connectivity index (χ1n) is 7.96. The van der Waals surface area contributed by atoms with Crippen LogP contribution in [-0.4, -0.2) is 13.0 Å². The lowest BCUT2D eigenvalue weighted by molar-refractivity contribution is 0.0898. The van der Waals surface area contributed by atoms with Crippen LogP contribution in [0.25, 0.3) is 0 Å². The molecule has 1 aliphatic rings. The summed E-state index contributed by atoms with van der Waals surface area (Å²) in [5.74, 6) is 0.749. The molecule has 0 aromatic heterocycles. The number of amides is 1. The van der Waals surface area contributed by atoms with Crippen LogP contribution >= 0.6 is 12.4 Å². The average Bonchev–Trinajstić information content (AvgIpc) is 3.04. The Balaban J connectivity index is 0.00000208. The van der Waals surface area contributed by atoms with Gasteiger partial charge in [-0.05, 0) is 48.7 Å². The van der Waals surface area contributed by atoms with Gasteiger partial charge in [0.2, 0.25) is 0 Å². The van der Waals surface area contributed by atoms with E-state index in [1.165, 1.54) is 0 Å². The summed E-state index contributed by atoms with van der Waals surface area (Å²) in [6.07, 6.45) is 4.13. The number of hydrogen-bond donors (Lipinski definition) is 2. The molecule has 0 unspecified atom stereocenters. The second-order valence-corrected chi connectivity index (χ2v) is 6.10. The third-order valence-electron chi connectivity index (χ3n) is 4.60. The monoisotopic (exact) mass is 346 g/mol. The smallest absolute Gasteiger partial charge is 0.252 e. The van der Waals surface area contributed by atoms with Crippen LogP contribution in [0, 0.1) is 0 Å². The van der Waals surface area contributed by atoms with Crippen molar-refractivity contribution in [3.8, 4) is 5.75 Å². The molecular formula is C19H23ClN2O2. The first-order chi connectivity index (χ1) is 11.1. The van der Waals surface area contributed by atoms with E-state index in [9.17, 15) is 4.79 Å². The lowest BCUT2D eigenvalue weighted by Gasteiger charge is -2.31. The molecule has 0 spiro atoms. The predicted octanol–water partition coefficient (Wildman–Crippen LogP) is 3.90. The Kier molecular flexibility index (Phi) is 5.73. The molecule has 2 aromatic carbocycles. The number of rotatable bonds is 4. The van der Waals surface area contributed by atoms with Crippen molar-refractivity contribution in [3.05, 3.63) is 59.7 Å². The zero-order valence-electron chi connectivity index (χ0n) is 13.7. The van der Waals surface area contributed by atoms with Crippen LogP contribution in [0.5, 0.6) is 5.75 Å². The summed E-state index contributed by atoms with van der Waals surface area (Å²) in [5, 5.41) is 3.25. The highest BCUT2D eigenvalue weighted by Gasteiger charge is 2.37. The van der Waals surface area contributed by atoms with Crippen molar-refractivity contribution in [2.75, 3.05) is 12.8 Å². The summed E-state index contributed by atoms with van der Waals surface area (Å²) in [5.41, 5.74) is 7.82. The van der Waals surface area contributed by atoms with Crippen molar-refractivity contribution in [2.24, 2.45) is 0 Å². The molecule has 4 nitrogen and oxygen atoms in total. The highest BCUT2D eigenvalue weighted by Crippen LogP contribution is 2.39. The fraction of sp³-hybridized carbons (Fsp3) is 0.316. The quantitative estimate of drug-likeness (QED) is 0.825. The van der Waals surface area contributed by atoms with Gasteiger partial charge in [-0.2, -0.15) is 0 Å². The van der Waals surface area contributed by atoms with E-state index in [4.69, 9.17) is 10.5 Å². The molecule has 3 rings (SSSR count). The zero-order valence-corrected chi connectivity index (χ0v) is 14.6. The van der Waals surface area contributed by atoms with Gasteiger partial charge in [0, 0.05) is 11.3 Å². The Morgan fingerprint density at radius 3 is 2.38 bits per heavy atom. The van der Waals surface area contributed by atoms with Gasteiger partial charge in [-0.3, -0.25) is 4.79 Å². The first kappa shape index (κ1) is 18.1. The third-order valence-corrected chi connectivity index (χ3v) is 4.60. The number of benzene rings is 2. The van der Waals surface area contributed by atoms with E-state index in [-0.39, 0.29) is 23.9 Å². The number of ether oxygens (including phenoxy) is 1. The van der Waals surface area contributed by atoms with Crippen molar-refractivity contribution < 1.29 is 9.53 Å². The topological polar surface area (TPSA) is 64.3 Å². The second kappa shape index (κ2) is 7.58. The number of nitrogens with two attached hydrogens (primary N) is 1. The predicted molar refractivity (Wildman–Crippen MR) is 98.7 cm³/mol. The molecule has 1 fully saturated rings. The summed E-state index contributed by atoms with van der Waals surface area (Å²) in [4.78, 5) is 12.7. The minimum absolute atomic E-state index is 0. The summed E-state index contributed by atoms with van der Waals surface area (Å²) in [6.45, 7) is 0. The Bertz CT molecular complexity index is 695. The summed E-state index contributed by atoms with van der Waals surface area (Å²) < 4.78 is 5.23. The highest BCUT2D eigenvalue weighted by atomic mass is 35.5. The van der Waals surface area contributed by atoms with Crippen LogP contribution in [0.2, 0.25) is 0 Å². The van der Waals surface area contributed by atoms with Gasteiger partial charge in [-0.25, -0.2) is 0 Å². The number of halogens is 1. The molecule has 3 N–H and O–H groups in total. The molecule has 0 atom stereocenters.